The lowest BCUT2D eigenvalue weighted by molar-refractivity contribution is -0.185. The molecule has 2 N–H and O–H groups in total. The van der Waals surface area contributed by atoms with E-state index < -0.39 is 22.3 Å². The predicted molar refractivity (Wildman–Crippen MR) is 130 cm³/mol. The van der Waals surface area contributed by atoms with E-state index in [1.54, 1.807) is 0 Å². The van der Waals surface area contributed by atoms with Gasteiger partial charge >= 0.3 is 6.18 Å². The highest BCUT2D eigenvalue weighted by Crippen LogP contribution is 2.41. The van der Waals surface area contributed by atoms with Crippen LogP contribution >= 0.6 is 0 Å². The number of hydrogen-bond acceptors (Lipinski definition) is 3. The first-order chi connectivity index (χ1) is 16.7. The van der Waals surface area contributed by atoms with Gasteiger partial charge in [0, 0.05) is 12.1 Å². The molecule has 196 valence electrons. The minimum atomic E-state index is -4.06. The van der Waals surface area contributed by atoms with E-state index >= 15 is 0 Å². The quantitative estimate of drug-likeness (QED) is 0.543. The largest absolute Gasteiger partial charge is 0.391 e. The number of hydrogen-bond donors (Lipinski definition) is 2. The Morgan fingerprint density at radius 3 is 2.23 bits per heavy atom. The van der Waals surface area contributed by atoms with Gasteiger partial charge in [-0.25, -0.2) is 0 Å². The molecule has 0 aromatic heterocycles. The summed E-state index contributed by atoms with van der Waals surface area (Å²) in [6.07, 6.45) is 5.12. The van der Waals surface area contributed by atoms with Crippen molar-refractivity contribution in [2.75, 3.05) is 19.6 Å². The molecule has 5 nitrogen and oxygen atoms in total. The molecule has 0 unspecified atom stereocenters. The standard InChI is InChI=1S/C26H38F3N3O2S/c27-26(28,29)23-10-13-32(14-11-23)12-2-3-18-6-7-19-16-20-8-9-21(17-22(19)15-18)25(20)31-35(33,34)30-24-4-1-5-24/h6-7,15,20-21,23-25,30-31H,1-5,8-14,16-17H2/t20-,21+,25+/m0/s1. The van der Waals surface area contributed by atoms with Crippen molar-refractivity contribution >= 4 is 10.2 Å². The first-order valence-electron chi connectivity index (χ1n) is 13.4. The predicted octanol–water partition coefficient (Wildman–Crippen LogP) is 4.36. The average molecular weight is 514 g/mol. The summed E-state index contributed by atoms with van der Waals surface area (Å²) < 4.78 is 69.9. The van der Waals surface area contributed by atoms with Crippen molar-refractivity contribution in [1.29, 1.82) is 0 Å². The van der Waals surface area contributed by atoms with Gasteiger partial charge in [-0.2, -0.15) is 31.0 Å². The van der Waals surface area contributed by atoms with Crippen LogP contribution in [-0.2, 0) is 29.5 Å². The number of aryl methyl sites for hydroxylation is 1. The minimum Gasteiger partial charge on any atom is -0.303 e. The first-order valence-corrected chi connectivity index (χ1v) is 14.8. The Labute approximate surface area is 207 Å². The van der Waals surface area contributed by atoms with Gasteiger partial charge in [-0.15, -0.1) is 0 Å². The molecular weight excluding hydrogens is 475 g/mol. The van der Waals surface area contributed by atoms with Crippen LogP contribution in [0.25, 0.3) is 0 Å². The number of halogens is 3. The topological polar surface area (TPSA) is 61.4 Å². The number of nitrogens with one attached hydrogen (secondary N) is 2. The second kappa shape index (κ2) is 10.3. The Bertz CT molecular complexity index is 988. The third kappa shape index (κ3) is 6.22. The van der Waals surface area contributed by atoms with Crippen molar-refractivity contribution in [3.63, 3.8) is 0 Å². The van der Waals surface area contributed by atoms with E-state index in [0.29, 0.717) is 24.9 Å². The average Bonchev–Trinajstić information content (AvgIpc) is 3.04. The van der Waals surface area contributed by atoms with Crippen molar-refractivity contribution in [2.24, 2.45) is 17.8 Å². The number of piperidine rings is 1. The van der Waals surface area contributed by atoms with E-state index in [4.69, 9.17) is 0 Å². The smallest absolute Gasteiger partial charge is 0.303 e. The lowest BCUT2D eigenvalue weighted by atomic mass is 9.91. The molecule has 1 aliphatic heterocycles. The molecule has 3 aliphatic carbocycles. The molecule has 1 heterocycles. The van der Waals surface area contributed by atoms with Crippen LogP contribution in [-0.4, -0.2) is 51.2 Å². The van der Waals surface area contributed by atoms with Crippen LogP contribution in [0.4, 0.5) is 13.2 Å². The highest BCUT2D eigenvalue weighted by Gasteiger charge is 2.42. The third-order valence-corrected chi connectivity index (χ3v) is 10.1. The van der Waals surface area contributed by atoms with Gasteiger partial charge < -0.3 is 4.90 Å². The number of alkyl halides is 3. The van der Waals surface area contributed by atoms with Crippen LogP contribution in [0.3, 0.4) is 0 Å². The molecule has 0 radical (unpaired) electrons. The van der Waals surface area contributed by atoms with Gasteiger partial charge in [-0.1, -0.05) is 24.6 Å². The van der Waals surface area contributed by atoms with E-state index in [1.165, 1.54) is 16.7 Å². The summed E-state index contributed by atoms with van der Waals surface area (Å²) in [5, 5.41) is 0. The van der Waals surface area contributed by atoms with E-state index in [9.17, 15) is 21.6 Å². The van der Waals surface area contributed by atoms with Crippen LogP contribution in [0.5, 0.6) is 0 Å². The summed E-state index contributed by atoms with van der Waals surface area (Å²) in [6.45, 7) is 1.90. The van der Waals surface area contributed by atoms with Crippen LogP contribution in [0.1, 0.15) is 68.1 Å². The summed E-state index contributed by atoms with van der Waals surface area (Å²) in [4.78, 5) is 2.17. The zero-order valence-corrected chi connectivity index (χ0v) is 21.1. The van der Waals surface area contributed by atoms with Crippen LogP contribution in [0, 0.1) is 17.8 Å². The van der Waals surface area contributed by atoms with Crippen molar-refractivity contribution in [1.82, 2.24) is 14.3 Å². The fourth-order valence-corrected chi connectivity index (χ4v) is 8.05. The molecule has 9 heteroatoms. The van der Waals surface area contributed by atoms with Crippen molar-refractivity contribution in [3.05, 3.63) is 34.9 Å². The van der Waals surface area contributed by atoms with Crippen molar-refractivity contribution < 1.29 is 21.6 Å². The number of benzene rings is 1. The molecule has 0 spiro atoms. The lowest BCUT2D eigenvalue weighted by Crippen LogP contribution is -2.51. The SMILES string of the molecule is O=S(=O)(NC1CCC1)N[C@H]1[C@@H]2CC[C@H]1Cc1ccc(CCCN3CCC(C(F)(F)F)CC3)cc1C2. The molecule has 35 heavy (non-hydrogen) atoms. The summed E-state index contributed by atoms with van der Waals surface area (Å²) in [5.41, 5.74) is 3.96. The molecule has 1 saturated heterocycles. The molecule has 3 fully saturated rings. The van der Waals surface area contributed by atoms with Gasteiger partial charge in [0.25, 0.3) is 10.2 Å². The third-order valence-electron chi connectivity index (χ3n) is 8.87. The van der Waals surface area contributed by atoms with Crippen LogP contribution < -0.4 is 9.44 Å². The van der Waals surface area contributed by atoms with E-state index in [2.05, 4.69) is 32.5 Å². The summed E-state index contributed by atoms with van der Waals surface area (Å²) >= 11 is 0. The number of fused-ring (bicyclic) bond motifs is 3. The Balaban J connectivity index is 1.14. The van der Waals surface area contributed by atoms with E-state index in [1.807, 2.05) is 0 Å². The van der Waals surface area contributed by atoms with Crippen LogP contribution in [0.2, 0.25) is 0 Å². The zero-order chi connectivity index (χ0) is 24.6. The highest BCUT2D eigenvalue weighted by molar-refractivity contribution is 7.87. The molecule has 1 aromatic carbocycles. The molecule has 3 atom stereocenters. The highest BCUT2D eigenvalue weighted by atomic mass is 32.2. The van der Waals surface area contributed by atoms with Crippen molar-refractivity contribution in [2.45, 2.75) is 88.9 Å². The Morgan fingerprint density at radius 2 is 1.60 bits per heavy atom. The lowest BCUT2D eigenvalue weighted by Gasteiger charge is -2.32. The number of likely N-dealkylation sites (tertiary alicyclic amines) is 1. The van der Waals surface area contributed by atoms with Crippen molar-refractivity contribution in [3.8, 4) is 0 Å². The van der Waals surface area contributed by atoms with Gasteiger partial charge in [0.05, 0.1) is 5.92 Å². The minimum absolute atomic E-state index is 0.0111. The Kier molecular flexibility index (Phi) is 7.50. The molecule has 5 rings (SSSR count). The normalized spacial score (nSPS) is 28.5. The van der Waals surface area contributed by atoms with Gasteiger partial charge in [0.15, 0.2) is 0 Å². The molecule has 0 amide bonds. The van der Waals surface area contributed by atoms with E-state index in [0.717, 1.165) is 64.3 Å². The second-order valence-electron chi connectivity index (χ2n) is 11.3. The molecule has 2 saturated carbocycles. The van der Waals surface area contributed by atoms with E-state index in [-0.39, 0.29) is 24.9 Å². The second-order valence-corrected chi connectivity index (χ2v) is 12.7. The molecule has 2 bridgehead atoms. The van der Waals surface area contributed by atoms with Gasteiger partial charge in [0.2, 0.25) is 0 Å². The fourth-order valence-electron chi connectivity index (χ4n) is 6.56. The van der Waals surface area contributed by atoms with Gasteiger partial charge in [-0.3, -0.25) is 0 Å². The summed E-state index contributed by atoms with van der Waals surface area (Å²) in [5.74, 6) is -0.477. The maximum Gasteiger partial charge on any atom is 0.391 e. The monoisotopic (exact) mass is 513 g/mol. The first kappa shape index (κ1) is 25.5. The molecule has 1 aromatic rings. The maximum absolute atomic E-state index is 12.9. The van der Waals surface area contributed by atoms with Crippen LogP contribution in [0.15, 0.2) is 18.2 Å². The summed E-state index contributed by atoms with van der Waals surface area (Å²) in [7, 11) is -3.48. The summed E-state index contributed by atoms with van der Waals surface area (Å²) in [6, 6.07) is 6.78. The maximum atomic E-state index is 12.9. The number of rotatable bonds is 8. The Morgan fingerprint density at radius 1 is 0.914 bits per heavy atom. The number of nitrogens with zero attached hydrogens (tertiary/aromatic N) is 1. The van der Waals surface area contributed by atoms with Gasteiger partial charge in [0.1, 0.15) is 0 Å². The zero-order valence-electron chi connectivity index (χ0n) is 20.3. The van der Waals surface area contributed by atoms with Gasteiger partial charge in [-0.05, 0) is 112 Å². The molecule has 4 aliphatic rings. The fraction of sp³-hybridized carbons (Fsp3) is 0.769. The Hall–Kier alpha value is -1.16. The molecular formula is C26H38F3N3O2S.